The monoisotopic (exact) mass is 513 g/mol. The number of carbonyl (C=O) groups is 2. The Hall–Kier alpha value is -3.99. The molecule has 0 aliphatic rings. The van der Waals surface area contributed by atoms with E-state index in [1.807, 2.05) is 6.92 Å². The zero-order chi connectivity index (χ0) is 26.4. The van der Waals surface area contributed by atoms with E-state index in [1.165, 1.54) is 23.3 Å². The number of pyridine rings is 2. The first kappa shape index (κ1) is 29.2. The molecule has 0 fully saturated rings. The van der Waals surface area contributed by atoms with E-state index < -0.39 is 12.3 Å². The van der Waals surface area contributed by atoms with Crippen molar-refractivity contribution in [3.05, 3.63) is 64.5 Å². The molecule has 0 unspecified atom stereocenters. The van der Waals surface area contributed by atoms with Gasteiger partial charge in [0.05, 0.1) is 35.4 Å². The van der Waals surface area contributed by atoms with E-state index in [9.17, 15) is 18.4 Å². The fourth-order valence-electron chi connectivity index (χ4n) is 3.47. The quantitative estimate of drug-likeness (QED) is 0.380. The molecule has 0 spiro atoms. The maximum Gasteiger partial charge on any atom is 0.282 e. The van der Waals surface area contributed by atoms with Gasteiger partial charge < -0.3 is 16.0 Å². The predicted octanol–water partition coefficient (Wildman–Crippen LogP) is 4.76. The lowest BCUT2D eigenvalue weighted by Gasteiger charge is -2.12. The number of nitrogens with zero attached hydrogens (tertiary/aromatic N) is 4. The highest BCUT2D eigenvalue weighted by Gasteiger charge is 2.19. The fourth-order valence-corrected chi connectivity index (χ4v) is 3.47. The number of aromatic nitrogens is 4. The van der Waals surface area contributed by atoms with Crippen LogP contribution in [-0.2, 0) is 11.8 Å². The summed E-state index contributed by atoms with van der Waals surface area (Å²) in [7, 11) is 1.58. The van der Waals surface area contributed by atoms with Crippen LogP contribution in [0.5, 0.6) is 0 Å². The molecule has 3 aromatic rings. The minimum atomic E-state index is -2.71. The molecule has 0 saturated carbocycles. The van der Waals surface area contributed by atoms with Crippen LogP contribution < -0.4 is 16.0 Å². The predicted molar refractivity (Wildman–Crippen MR) is 142 cm³/mol. The molecule has 3 rings (SSSR count). The fraction of sp³-hybridized carbons (Fsp3) is 0.346. The number of halogens is 2. The topological polar surface area (TPSA) is 114 Å². The van der Waals surface area contributed by atoms with Gasteiger partial charge in [0.1, 0.15) is 5.69 Å². The largest absolute Gasteiger partial charge is 0.324 e. The lowest BCUT2D eigenvalue weighted by Crippen LogP contribution is -2.27. The van der Waals surface area contributed by atoms with Gasteiger partial charge in [-0.15, -0.1) is 0 Å². The van der Waals surface area contributed by atoms with Crippen molar-refractivity contribution in [2.75, 3.05) is 23.7 Å². The van der Waals surface area contributed by atoms with Crippen molar-refractivity contribution in [3.8, 4) is 0 Å². The van der Waals surface area contributed by atoms with Gasteiger partial charge in [-0.3, -0.25) is 24.2 Å². The molecule has 0 atom stereocenters. The van der Waals surface area contributed by atoms with Crippen LogP contribution in [0.3, 0.4) is 0 Å². The van der Waals surface area contributed by atoms with E-state index in [-0.39, 0.29) is 31.1 Å². The van der Waals surface area contributed by atoms with Gasteiger partial charge in [0.2, 0.25) is 5.91 Å². The summed E-state index contributed by atoms with van der Waals surface area (Å²) in [6.45, 7) is 7.94. The standard InChI is InChI=1S/C25H29F2N7O2.CH4/c1-6-28-12-22(35)31-19-9-21(16(4)30-11-19)32-25(36)18-8-17(15(3)29-10-18)7-14(2)20-13-34(5)33-23(20)24(26)27;/h7-11,13,24,28H,6,12H2,1-5H3,(H,31,35)(H,32,36);1H4/b14-7+;. The van der Waals surface area contributed by atoms with Gasteiger partial charge in [-0.2, -0.15) is 5.10 Å². The number of amides is 2. The molecule has 3 aromatic heterocycles. The molecule has 3 heterocycles. The van der Waals surface area contributed by atoms with Crippen molar-refractivity contribution in [3.63, 3.8) is 0 Å². The van der Waals surface area contributed by atoms with Crippen LogP contribution in [0, 0.1) is 13.8 Å². The van der Waals surface area contributed by atoms with Gasteiger partial charge >= 0.3 is 0 Å². The second kappa shape index (κ2) is 12.8. The van der Waals surface area contributed by atoms with Crippen molar-refractivity contribution in [1.29, 1.82) is 0 Å². The van der Waals surface area contributed by atoms with Crippen molar-refractivity contribution in [2.24, 2.45) is 7.05 Å². The lowest BCUT2D eigenvalue weighted by molar-refractivity contribution is -0.115. The SMILES string of the molecule is C.CCNCC(=O)Nc1cnc(C)c(NC(=O)c2cnc(C)c(/C=C(\C)c3cn(C)nc3C(F)F)c2)c1. The number of aryl methyl sites for hydroxylation is 3. The van der Waals surface area contributed by atoms with Gasteiger partial charge in [0.25, 0.3) is 12.3 Å². The molecule has 11 heteroatoms. The first-order valence-electron chi connectivity index (χ1n) is 11.3. The van der Waals surface area contributed by atoms with Crippen molar-refractivity contribution in [2.45, 2.75) is 41.5 Å². The second-order valence-corrected chi connectivity index (χ2v) is 8.27. The number of likely N-dealkylation sites (N-methyl/N-ethyl adjacent to an activating group) is 1. The van der Waals surface area contributed by atoms with E-state index in [2.05, 4.69) is 31.0 Å². The minimum Gasteiger partial charge on any atom is -0.324 e. The van der Waals surface area contributed by atoms with Crippen molar-refractivity contribution < 1.29 is 18.4 Å². The Kier molecular flexibility index (Phi) is 10.1. The maximum absolute atomic E-state index is 13.4. The van der Waals surface area contributed by atoms with Gasteiger partial charge in [0, 0.05) is 30.7 Å². The zero-order valence-corrected chi connectivity index (χ0v) is 20.8. The normalized spacial score (nSPS) is 11.3. The number of hydrogen-bond acceptors (Lipinski definition) is 6. The average molecular weight is 514 g/mol. The first-order chi connectivity index (χ1) is 17.1. The van der Waals surface area contributed by atoms with Crippen LogP contribution in [0.25, 0.3) is 11.6 Å². The van der Waals surface area contributed by atoms with Crippen LogP contribution in [0.2, 0.25) is 0 Å². The molecule has 0 radical (unpaired) electrons. The molecular weight excluding hydrogens is 480 g/mol. The number of anilines is 2. The Morgan fingerprint density at radius 3 is 2.49 bits per heavy atom. The molecule has 0 saturated heterocycles. The highest BCUT2D eigenvalue weighted by Crippen LogP contribution is 2.28. The molecule has 0 aromatic carbocycles. The van der Waals surface area contributed by atoms with Gasteiger partial charge in [-0.25, -0.2) is 8.78 Å². The number of alkyl halides is 2. The van der Waals surface area contributed by atoms with E-state index >= 15 is 0 Å². The Bertz CT molecular complexity index is 1300. The molecule has 0 aliphatic heterocycles. The number of nitrogens with one attached hydrogen (secondary N) is 3. The van der Waals surface area contributed by atoms with Crippen LogP contribution in [0.15, 0.2) is 30.7 Å². The molecular formula is C26H33F2N7O2. The van der Waals surface area contributed by atoms with Crippen molar-refractivity contribution in [1.82, 2.24) is 25.1 Å². The smallest absolute Gasteiger partial charge is 0.282 e. The molecule has 37 heavy (non-hydrogen) atoms. The van der Waals surface area contributed by atoms with E-state index in [1.54, 1.807) is 46.0 Å². The Morgan fingerprint density at radius 2 is 1.81 bits per heavy atom. The molecule has 3 N–H and O–H groups in total. The minimum absolute atomic E-state index is 0. The lowest BCUT2D eigenvalue weighted by atomic mass is 10.0. The van der Waals surface area contributed by atoms with Crippen molar-refractivity contribution >= 4 is 34.8 Å². The second-order valence-electron chi connectivity index (χ2n) is 8.27. The van der Waals surface area contributed by atoms with Crippen LogP contribution >= 0.6 is 0 Å². The molecule has 0 bridgehead atoms. The first-order valence-corrected chi connectivity index (χ1v) is 11.3. The summed E-state index contributed by atoms with van der Waals surface area (Å²) in [6, 6.07) is 3.27. The Morgan fingerprint density at radius 1 is 1.11 bits per heavy atom. The summed E-state index contributed by atoms with van der Waals surface area (Å²) < 4.78 is 28.1. The summed E-state index contributed by atoms with van der Waals surface area (Å²) in [5, 5.41) is 12.3. The van der Waals surface area contributed by atoms with Gasteiger partial charge in [-0.1, -0.05) is 14.4 Å². The van der Waals surface area contributed by atoms with Crippen LogP contribution in [-0.4, -0.2) is 44.7 Å². The number of carbonyl (C=O) groups excluding carboxylic acids is 2. The van der Waals surface area contributed by atoms with Crippen LogP contribution in [0.1, 0.15) is 66.3 Å². The average Bonchev–Trinajstić information content (AvgIpc) is 3.23. The molecule has 2 amide bonds. The molecule has 198 valence electrons. The van der Waals surface area contributed by atoms with Gasteiger partial charge in [0.15, 0.2) is 0 Å². The third-order valence-electron chi connectivity index (χ3n) is 5.40. The third kappa shape index (κ3) is 7.50. The number of hydrogen-bond donors (Lipinski definition) is 3. The molecule has 0 aliphatic carbocycles. The summed E-state index contributed by atoms with van der Waals surface area (Å²) in [4.78, 5) is 33.5. The maximum atomic E-state index is 13.4. The highest BCUT2D eigenvalue weighted by molar-refractivity contribution is 6.05. The van der Waals surface area contributed by atoms with E-state index in [0.717, 1.165) is 0 Å². The van der Waals surface area contributed by atoms with E-state index in [4.69, 9.17) is 0 Å². The Balaban J connectivity index is 0.00000481. The summed E-state index contributed by atoms with van der Waals surface area (Å²) in [5.74, 6) is -0.650. The summed E-state index contributed by atoms with van der Waals surface area (Å²) in [6.07, 6.45) is 3.49. The van der Waals surface area contributed by atoms with Crippen LogP contribution in [0.4, 0.5) is 20.2 Å². The zero-order valence-electron chi connectivity index (χ0n) is 20.8. The number of rotatable bonds is 9. The molecule has 9 nitrogen and oxygen atoms in total. The third-order valence-corrected chi connectivity index (χ3v) is 5.40. The Labute approximate surface area is 215 Å². The number of allylic oxidation sites excluding steroid dienone is 1. The summed E-state index contributed by atoms with van der Waals surface area (Å²) >= 11 is 0. The van der Waals surface area contributed by atoms with E-state index in [0.29, 0.717) is 46.0 Å². The summed E-state index contributed by atoms with van der Waals surface area (Å²) in [5.41, 5.74) is 3.59. The van der Waals surface area contributed by atoms with Gasteiger partial charge in [-0.05, 0) is 56.7 Å². The highest BCUT2D eigenvalue weighted by atomic mass is 19.3.